The monoisotopic (exact) mass is 393 g/mol. The molecule has 1 saturated heterocycles. The molecule has 11 nitrogen and oxygen atoms in total. The summed E-state index contributed by atoms with van der Waals surface area (Å²) >= 11 is 0. The molecule has 11 heteroatoms. The average molecular weight is 393 g/mol. The van der Waals surface area contributed by atoms with Crippen LogP contribution in [0.25, 0.3) is 0 Å². The van der Waals surface area contributed by atoms with Gasteiger partial charge in [-0.15, -0.1) is 0 Å². The Kier molecular flexibility index (Phi) is 6.02. The average Bonchev–Trinajstić information content (AvgIpc) is 2.75. The largest absolute Gasteiger partial charge is 0.463 e. The van der Waals surface area contributed by atoms with E-state index >= 15 is 0 Å². The molecule has 1 N–H and O–H groups in total. The Bertz CT molecular complexity index is 679. The minimum absolute atomic E-state index is 0.621. The summed E-state index contributed by atoms with van der Waals surface area (Å²) in [6.45, 7) is -2.72. The fourth-order valence-corrected chi connectivity index (χ4v) is 2.42. The summed E-state index contributed by atoms with van der Waals surface area (Å²) in [7, 11) is 0. The predicted octanol–water partition coefficient (Wildman–Crippen LogP) is -0.794. The molecule has 27 heavy (non-hydrogen) atoms. The number of amides is 1. The van der Waals surface area contributed by atoms with Gasteiger partial charge in [0.15, 0.2) is 12.2 Å². The normalized spacial score (nSPS) is 29.0. The molecule has 0 aliphatic carbocycles. The molecule has 1 aliphatic rings. The molecule has 0 aromatic rings. The van der Waals surface area contributed by atoms with Crippen LogP contribution < -0.4 is 5.32 Å². The lowest BCUT2D eigenvalue weighted by Gasteiger charge is -2.44. The molecule has 5 atom stereocenters. The molecule has 1 rings (SSSR count). The van der Waals surface area contributed by atoms with Gasteiger partial charge in [-0.2, -0.15) is 0 Å². The fourth-order valence-electron chi connectivity index (χ4n) is 2.42. The molecule has 0 aromatic carbocycles. The van der Waals surface area contributed by atoms with Crippen LogP contribution in [0.2, 0.25) is 0 Å². The van der Waals surface area contributed by atoms with Crippen molar-refractivity contribution < 1.29 is 53.1 Å². The van der Waals surface area contributed by atoms with Crippen molar-refractivity contribution in [3.05, 3.63) is 0 Å². The minimum atomic E-state index is -1.64. The van der Waals surface area contributed by atoms with Gasteiger partial charge in [0.1, 0.15) is 18.8 Å². The van der Waals surface area contributed by atoms with Crippen LogP contribution in [0, 0.1) is 0 Å². The van der Waals surface area contributed by atoms with Gasteiger partial charge in [-0.3, -0.25) is 24.0 Å². The van der Waals surface area contributed by atoms with Crippen LogP contribution in [-0.2, 0) is 47.7 Å². The molecule has 1 amide bonds. The Morgan fingerprint density at radius 2 is 1.44 bits per heavy atom. The first kappa shape index (κ1) is 16.5. The first-order valence-electron chi connectivity index (χ1n) is 10.3. The SMILES string of the molecule is [2H]CC(=O)OC[C@H]1OC(OC(=O)C[2H])[C@H](NC(C)=O)[C@@H](OC(=O)C[2H])[C@@H]1OC(=O)C[2H]. The van der Waals surface area contributed by atoms with E-state index in [1.54, 1.807) is 0 Å². The maximum atomic E-state index is 11.8. The molecule has 1 fully saturated rings. The Morgan fingerprint density at radius 3 is 2.00 bits per heavy atom. The van der Waals surface area contributed by atoms with Gasteiger partial charge in [-0.05, 0) is 0 Å². The van der Waals surface area contributed by atoms with Crippen molar-refractivity contribution in [2.75, 3.05) is 6.61 Å². The van der Waals surface area contributed by atoms with E-state index in [2.05, 4.69) is 5.32 Å². The second kappa shape index (κ2) is 9.86. The lowest BCUT2D eigenvalue weighted by Crippen LogP contribution is -2.66. The summed E-state index contributed by atoms with van der Waals surface area (Å²) in [5.74, 6) is -4.84. The number of nitrogens with one attached hydrogen (secondary N) is 1. The molecular weight excluding hydrogens is 366 g/mol. The topological polar surface area (TPSA) is 144 Å². The van der Waals surface area contributed by atoms with E-state index in [-0.39, 0.29) is 0 Å². The van der Waals surface area contributed by atoms with E-state index in [0.29, 0.717) is 0 Å². The van der Waals surface area contributed by atoms with Gasteiger partial charge >= 0.3 is 23.9 Å². The van der Waals surface area contributed by atoms with Crippen LogP contribution in [-0.4, -0.2) is 67.0 Å². The molecule has 0 radical (unpaired) electrons. The summed E-state index contributed by atoms with van der Waals surface area (Å²) in [5.41, 5.74) is 0. The second-order valence-electron chi connectivity index (χ2n) is 5.35. The maximum Gasteiger partial charge on any atom is 0.305 e. The van der Waals surface area contributed by atoms with Crippen LogP contribution in [0.5, 0.6) is 0 Å². The third kappa shape index (κ3) is 7.21. The molecule has 152 valence electrons. The first-order chi connectivity index (χ1) is 14.7. The zero-order valence-corrected chi connectivity index (χ0v) is 14.5. The summed E-state index contributed by atoms with van der Waals surface area (Å²) in [6.07, 6.45) is -6.14. The molecular formula is C16H23NO10. The van der Waals surface area contributed by atoms with E-state index in [9.17, 15) is 24.0 Å². The van der Waals surface area contributed by atoms with Gasteiger partial charge in [0.05, 0.1) is 0 Å². The Balaban J connectivity index is 3.37. The fraction of sp³-hybridized carbons (Fsp3) is 0.688. The molecule has 0 bridgehead atoms. The maximum absolute atomic E-state index is 11.8. The van der Waals surface area contributed by atoms with Crippen molar-refractivity contribution in [3.63, 3.8) is 0 Å². The van der Waals surface area contributed by atoms with Gasteiger partial charge in [0, 0.05) is 40.0 Å². The Labute approximate surface area is 161 Å². The van der Waals surface area contributed by atoms with Crippen LogP contribution >= 0.6 is 0 Å². The molecule has 1 aliphatic heterocycles. The zero-order chi connectivity index (χ0) is 23.6. The van der Waals surface area contributed by atoms with E-state index < -0.39 is 94.6 Å². The van der Waals surface area contributed by atoms with Crippen LogP contribution in [0.4, 0.5) is 0 Å². The number of esters is 4. The minimum Gasteiger partial charge on any atom is -0.463 e. The zero-order valence-electron chi connectivity index (χ0n) is 18.5. The van der Waals surface area contributed by atoms with E-state index in [1.807, 2.05) is 0 Å². The molecule has 0 spiro atoms. The quantitative estimate of drug-likeness (QED) is 0.450. The van der Waals surface area contributed by atoms with Crippen LogP contribution in [0.1, 0.15) is 40.0 Å². The Morgan fingerprint density at radius 1 is 0.889 bits per heavy atom. The summed E-state index contributed by atoms with van der Waals surface area (Å²) in [4.78, 5) is 58.3. The first-order valence-corrected chi connectivity index (χ1v) is 7.50. The number of carbonyl (C=O) groups excluding carboxylic acids is 5. The third-order valence-corrected chi connectivity index (χ3v) is 3.21. The van der Waals surface area contributed by atoms with Crippen molar-refractivity contribution in [1.82, 2.24) is 5.32 Å². The summed E-state index contributed by atoms with van der Waals surface area (Å²) in [5, 5.41) is 2.34. The highest BCUT2D eigenvalue weighted by Crippen LogP contribution is 2.28. The lowest BCUT2D eigenvalue weighted by atomic mass is 9.96. The van der Waals surface area contributed by atoms with Gasteiger partial charge in [0.25, 0.3) is 0 Å². The highest BCUT2D eigenvalue weighted by atomic mass is 16.7. The van der Waals surface area contributed by atoms with Gasteiger partial charge in [-0.1, -0.05) is 0 Å². The Hall–Kier alpha value is -2.69. The number of hydrogen-bond acceptors (Lipinski definition) is 10. The van der Waals surface area contributed by atoms with Crippen LogP contribution in [0.3, 0.4) is 0 Å². The predicted molar refractivity (Wildman–Crippen MR) is 85.8 cm³/mol. The molecule has 0 aromatic heterocycles. The van der Waals surface area contributed by atoms with E-state index in [1.165, 1.54) is 0 Å². The van der Waals surface area contributed by atoms with Gasteiger partial charge in [-0.25, -0.2) is 0 Å². The highest BCUT2D eigenvalue weighted by Gasteiger charge is 2.52. The third-order valence-electron chi connectivity index (χ3n) is 3.21. The summed E-state index contributed by atoms with van der Waals surface area (Å²) < 4.78 is 53.9. The summed E-state index contributed by atoms with van der Waals surface area (Å²) in [6, 6.07) is -1.42. The second-order valence-corrected chi connectivity index (χ2v) is 5.35. The molecule has 0 saturated carbocycles. The van der Waals surface area contributed by atoms with Crippen molar-refractivity contribution in [1.29, 1.82) is 0 Å². The van der Waals surface area contributed by atoms with Gasteiger partial charge in [0.2, 0.25) is 12.2 Å². The molecule has 1 unspecified atom stereocenters. The number of carbonyl (C=O) groups is 5. The van der Waals surface area contributed by atoms with Crippen molar-refractivity contribution >= 4 is 29.8 Å². The number of ether oxygens (including phenoxy) is 5. The molecule has 1 heterocycles. The lowest BCUT2D eigenvalue weighted by molar-refractivity contribution is -0.270. The van der Waals surface area contributed by atoms with E-state index in [4.69, 9.17) is 29.2 Å². The van der Waals surface area contributed by atoms with E-state index in [0.717, 1.165) is 6.92 Å². The number of hydrogen-bond donors (Lipinski definition) is 1. The van der Waals surface area contributed by atoms with Gasteiger partial charge < -0.3 is 29.0 Å². The van der Waals surface area contributed by atoms with Crippen LogP contribution in [0.15, 0.2) is 0 Å². The highest BCUT2D eigenvalue weighted by molar-refractivity contribution is 5.74. The number of rotatable bonds is 6. The van der Waals surface area contributed by atoms with Crippen molar-refractivity contribution in [2.45, 2.75) is 65.2 Å². The van der Waals surface area contributed by atoms with Crippen molar-refractivity contribution in [2.24, 2.45) is 0 Å². The smallest absolute Gasteiger partial charge is 0.305 e. The standard InChI is InChI=1S/C16H23NO10/c1-7(18)17-13-15(25-10(4)21)14(24-9(3)20)12(6-23-8(2)19)27-16(13)26-11(5)22/h12-16H,6H2,1-5H3,(H,17,18)/t12-,13-,14-,15-,16?/m1/s1/i2D,3D,4D,5D. The van der Waals surface area contributed by atoms with Crippen molar-refractivity contribution in [3.8, 4) is 0 Å².